The van der Waals surface area contributed by atoms with E-state index < -0.39 is 0 Å². The number of furan rings is 1. The van der Waals surface area contributed by atoms with E-state index in [9.17, 15) is 0 Å². The summed E-state index contributed by atoms with van der Waals surface area (Å²) in [6.45, 7) is 18.5. The molecule has 88 heavy (non-hydrogen) atoms. The Morgan fingerprint density at radius 2 is 0.966 bits per heavy atom. The van der Waals surface area contributed by atoms with Gasteiger partial charge in [-0.15, -0.1) is 0 Å². The Morgan fingerprint density at radius 1 is 0.386 bits per heavy atom. The summed E-state index contributed by atoms with van der Waals surface area (Å²) >= 11 is 0. The molecule has 424 valence electrons. The van der Waals surface area contributed by atoms with Crippen LogP contribution >= 0.6 is 0 Å². The fourth-order valence-corrected chi connectivity index (χ4v) is 14.7. The molecular formula is C83H68BN3O. The Balaban J connectivity index is 1.05. The summed E-state index contributed by atoms with van der Waals surface area (Å²) in [7, 11) is 0. The molecule has 1 aromatic heterocycles. The van der Waals surface area contributed by atoms with Crippen LogP contribution in [0, 0.1) is 0 Å². The van der Waals surface area contributed by atoms with Gasteiger partial charge >= 0.3 is 6.85 Å². The molecule has 0 unspecified atom stereocenters. The van der Waals surface area contributed by atoms with E-state index >= 15 is 0 Å². The maximum Gasteiger partial charge on any atom is 0.333 e. The Morgan fingerprint density at radius 3 is 1.62 bits per heavy atom. The minimum absolute atomic E-state index is 0.0401. The first-order valence-electron chi connectivity index (χ1n) is 31.1. The molecule has 0 bridgehead atoms. The van der Waals surface area contributed by atoms with Gasteiger partial charge in [-0.25, -0.2) is 0 Å². The summed E-state index contributed by atoms with van der Waals surface area (Å²) < 4.78 is 6.95. The van der Waals surface area contributed by atoms with Crippen molar-refractivity contribution in [3.05, 3.63) is 289 Å². The van der Waals surface area contributed by atoms with Crippen molar-refractivity contribution >= 4 is 85.2 Å². The standard InChI is InChI=1S/C83H68BN3O/c1-81(2,3)58-38-41-60(42-39-58)87-73-50-67-65-35-19-21-37-76(65)88-77(67)52-69(73)78-79-68(64-34-18-20-36-70(64)83(79,7)8)51-75-80(78)84(87)71-44-43-63(49-74(71)86(75)72-45-40-59(82(4,5)6)48-66(72)55-28-16-11-17-29-55)85(61-32-22-30-56(46-61)53-24-12-9-13-25-53)62-33-23-31-57(47-62)54-26-14-10-15-27-54/h9-52H,1-8H3. The molecule has 0 saturated carbocycles. The predicted octanol–water partition coefficient (Wildman–Crippen LogP) is 21.7. The lowest BCUT2D eigenvalue weighted by molar-refractivity contribution is 0.590. The molecule has 0 atom stereocenters. The first-order valence-corrected chi connectivity index (χ1v) is 31.1. The third-order valence-electron chi connectivity index (χ3n) is 19.1. The van der Waals surface area contributed by atoms with Crippen molar-refractivity contribution in [3.63, 3.8) is 0 Å². The van der Waals surface area contributed by atoms with Crippen molar-refractivity contribution in [1.82, 2.24) is 0 Å². The fourth-order valence-electron chi connectivity index (χ4n) is 14.7. The topological polar surface area (TPSA) is 22.9 Å². The van der Waals surface area contributed by atoms with E-state index in [4.69, 9.17) is 4.42 Å². The van der Waals surface area contributed by atoms with E-state index in [2.05, 4.69) is 337 Å². The lowest BCUT2D eigenvalue weighted by atomic mass is 9.42. The molecule has 0 spiro atoms. The quantitative estimate of drug-likeness (QED) is 0.141. The van der Waals surface area contributed by atoms with Crippen LogP contribution in [0.2, 0.25) is 0 Å². The van der Waals surface area contributed by atoms with Gasteiger partial charge in [-0.2, -0.15) is 0 Å². The zero-order valence-corrected chi connectivity index (χ0v) is 51.2. The third kappa shape index (κ3) is 8.50. The van der Waals surface area contributed by atoms with Gasteiger partial charge in [0.2, 0.25) is 0 Å². The smallest absolute Gasteiger partial charge is 0.333 e. The highest BCUT2D eigenvalue weighted by Gasteiger charge is 2.50. The van der Waals surface area contributed by atoms with E-state index in [1.807, 2.05) is 0 Å². The lowest BCUT2D eigenvalue weighted by Gasteiger charge is -2.47. The molecule has 4 nitrogen and oxygen atoms in total. The number of para-hydroxylation sites is 1. The van der Waals surface area contributed by atoms with Crippen molar-refractivity contribution in [2.75, 3.05) is 14.6 Å². The number of rotatable bonds is 8. The molecule has 0 saturated heterocycles. The largest absolute Gasteiger partial charge is 0.456 e. The normalized spacial score (nSPS) is 13.7. The molecule has 13 aromatic rings. The Hall–Kier alpha value is -10.1. The first kappa shape index (κ1) is 53.4. The summed E-state index contributed by atoms with van der Waals surface area (Å²) in [6, 6.07) is 99.9. The summed E-state index contributed by atoms with van der Waals surface area (Å²) in [5.74, 6) is 0. The molecule has 12 aromatic carbocycles. The van der Waals surface area contributed by atoms with Crippen LogP contribution < -0.4 is 25.5 Å². The molecule has 16 rings (SSSR count). The van der Waals surface area contributed by atoms with Crippen LogP contribution in [0.3, 0.4) is 0 Å². The van der Waals surface area contributed by atoms with Crippen molar-refractivity contribution in [1.29, 1.82) is 0 Å². The third-order valence-corrected chi connectivity index (χ3v) is 19.1. The molecule has 2 aliphatic heterocycles. The number of hydrogen-bond donors (Lipinski definition) is 0. The van der Waals surface area contributed by atoms with Gasteiger partial charge in [-0.05, 0) is 173 Å². The van der Waals surface area contributed by atoms with Gasteiger partial charge in [0.1, 0.15) is 11.2 Å². The molecule has 0 amide bonds. The summed E-state index contributed by atoms with van der Waals surface area (Å²) in [5.41, 5.74) is 29.9. The number of nitrogens with zero attached hydrogens (tertiary/aromatic N) is 3. The van der Waals surface area contributed by atoms with E-state index in [-0.39, 0.29) is 23.1 Å². The molecular weight excluding hydrogens is 1070 g/mol. The Bertz CT molecular complexity index is 4830. The highest BCUT2D eigenvalue weighted by molar-refractivity contribution is 6.93. The van der Waals surface area contributed by atoms with Gasteiger partial charge in [-0.3, -0.25) is 0 Å². The van der Waals surface area contributed by atoms with Crippen molar-refractivity contribution in [3.8, 4) is 55.6 Å². The van der Waals surface area contributed by atoms with Gasteiger partial charge < -0.3 is 19.0 Å². The second-order valence-corrected chi connectivity index (χ2v) is 26.9. The van der Waals surface area contributed by atoms with Gasteiger partial charge in [0.25, 0.3) is 0 Å². The van der Waals surface area contributed by atoms with Crippen LogP contribution in [0.4, 0.5) is 45.5 Å². The summed E-state index contributed by atoms with van der Waals surface area (Å²) in [6.07, 6.45) is 0. The molecule has 3 aliphatic rings. The van der Waals surface area contributed by atoms with Gasteiger partial charge in [-0.1, -0.05) is 237 Å². The van der Waals surface area contributed by atoms with Crippen molar-refractivity contribution < 1.29 is 4.42 Å². The predicted molar refractivity (Wildman–Crippen MR) is 373 cm³/mol. The molecule has 0 radical (unpaired) electrons. The second kappa shape index (κ2) is 20.0. The SMILES string of the molecule is CC(C)(C)c1ccc(N2B3c4ccc(N(c5cccc(-c6ccccc6)c5)c5cccc(-c6ccccc6)c5)cc4N(c4ccc(C(C)(C)C)cc4-c4ccccc4)c4cc5c(c(c43)-c3cc4oc6ccccc6c4cc32)C(C)(C)c2ccccc2-5)cc1. The number of fused-ring (bicyclic) bond motifs is 11. The van der Waals surface area contributed by atoms with Gasteiger partial charge in [0.15, 0.2) is 0 Å². The number of anilines is 8. The second-order valence-electron chi connectivity index (χ2n) is 26.9. The maximum atomic E-state index is 6.95. The fraction of sp³-hybridized carbons (Fsp3) is 0.133. The Labute approximate surface area is 517 Å². The maximum absolute atomic E-state index is 6.95. The summed E-state index contributed by atoms with van der Waals surface area (Å²) in [4.78, 5) is 7.81. The van der Waals surface area contributed by atoms with Crippen molar-refractivity contribution in [2.24, 2.45) is 0 Å². The Kier molecular flexibility index (Phi) is 12.1. The molecule has 3 heterocycles. The average Bonchev–Trinajstić information content (AvgIpc) is 1.27. The van der Waals surface area contributed by atoms with Crippen LogP contribution in [-0.4, -0.2) is 6.85 Å². The van der Waals surface area contributed by atoms with Crippen LogP contribution in [0.1, 0.15) is 77.6 Å². The number of hydrogen-bond acceptors (Lipinski definition) is 4. The highest BCUT2D eigenvalue weighted by Crippen LogP contribution is 2.59. The van der Waals surface area contributed by atoms with Gasteiger partial charge in [0.05, 0.1) is 5.69 Å². The van der Waals surface area contributed by atoms with Crippen molar-refractivity contribution in [2.45, 2.75) is 71.6 Å². The molecule has 0 fully saturated rings. The van der Waals surface area contributed by atoms with Crippen LogP contribution in [0.25, 0.3) is 77.6 Å². The van der Waals surface area contributed by atoms with E-state index in [0.717, 1.165) is 78.6 Å². The van der Waals surface area contributed by atoms with E-state index in [1.165, 1.54) is 77.7 Å². The zero-order chi connectivity index (χ0) is 59.8. The molecule has 0 N–H and O–H groups in total. The summed E-state index contributed by atoms with van der Waals surface area (Å²) in [5, 5.41) is 2.22. The van der Waals surface area contributed by atoms with Gasteiger partial charge in [0, 0.05) is 67.1 Å². The van der Waals surface area contributed by atoms with E-state index in [0.29, 0.717) is 0 Å². The molecule has 5 heteroatoms. The van der Waals surface area contributed by atoms with Crippen LogP contribution in [0.5, 0.6) is 0 Å². The van der Waals surface area contributed by atoms with Crippen LogP contribution in [-0.2, 0) is 16.2 Å². The van der Waals surface area contributed by atoms with Crippen LogP contribution in [0.15, 0.2) is 271 Å². The average molecular weight is 1130 g/mol. The highest BCUT2D eigenvalue weighted by atomic mass is 16.3. The minimum Gasteiger partial charge on any atom is -0.456 e. The van der Waals surface area contributed by atoms with E-state index in [1.54, 1.807) is 0 Å². The first-order chi connectivity index (χ1) is 42.7. The monoisotopic (exact) mass is 1130 g/mol. The minimum atomic E-state index is -0.348. The number of benzene rings is 12. The zero-order valence-electron chi connectivity index (χ0n) is 51.2. The molecule has 1 aliphatic carbocycles. The lowest BCUT2D eigenvalue weighted by Crippen LogP contribution is -2.62.